The second-order valence-electron chi connectivity index (χ2n) is 15.0. The van der Waals surface area contributed by atoms with Gasteiger partial charge in [-0.1, -0.05) is 107 Å². The molecule has 0 spiro atoms. The van der Waals surface area contributed by atoms with Gasteiger partial charge in [0.15, 0.2) is 0 Å². The van der Waals surface area contributed by atoms with Gasteiger partial charge in [0, 0.05) is 6.54 Å². The first-order valence-electron chi connectivity index (χ1n) is 17.6. The predicted molar refractivity (Wildman–Crippen MR) is 185 cm³/mol. The van der Waals surface area contributed by atoms with Gasteiger partial charge in [-0.15, -0.1) is 0 Å². The van der Waals surface area contributed by atoms with E-state index in [2.05, 4.69) is 26.1 Å². The molecule has 256 valence electrons. The summed E-state index contributed by atoms with van der Waals surface area (Å²) in [6, 6.07) is 17.9. The molecule has 2 heterocycles. The first kappa shape index (κ1) is 34.4. The lowest BCUT2D eigenvalue weighted by Crippen LogP contribution is -2.65. The highest BCUT2D eigenvalue weighted by atomic mass is 16.7. The zero-order valence-electron chi connectivity index (χ0n) is 29.1. The van der Waals surface area contributed by atoms with Gasteiger partial charge in [-0.3, -0.25) is 9.59 Å². The predicted octanol–water partition coefficient (Wildman–Crippen LogP) is 5.74. The molecule has 1 N–H and O–H groups in total. The maximum absolute atomic E-state index is 14.2. The van der Waals surface area contributed by atoms with E-state index in [9.17, 15) is 14.4 Å². The Morgan fingerprint density at radius 1 is 1.06 bits per heavy atom. The van der Waals surface area contributed by atoms with Crippen LogP contribution in [0.25, 0.3) is 6.08 Å². The van der Waals surface area contributed by atoms with Gasteiger partial charge in [0.1, 0.15) is 12.1 Å². The fourth-order valence-corrected chi connectivity index (χ4v) is 8.29. The summed E-state index contributed by atoms with van der Waals surface area (Å²) < 4.78 is 19.3. The summed E-state index contributed by atoms with van der Waals surface area (Å²) in [5.74, 6) is -0.568. The van der Waals surface area contributed by atoms with E-state index in [1.807, 2.05) is 93.6 Å². The van der Waals surface area contributed by atoms with Crippen LogP contribution >= 0.6 is 0 Å². The third-order valence-electron chi connectivity index (χ3n) is 11.3. The van der Waals surface area contributed by atoms with Crippen LogP contribution < -0.4 is 5.32 Å². The van der Waals surface area contributed by atoms with Crippen molar-refractivity contribution in [2.45, 2.75) is 97.2 Å². The van der Waals surface area contributed by atoms with E-state index in [1.54, 1.807) is 4.90 Å². The number of carbonyl (C=O) groups is 3. The highest BCUT2D eigenvalue weighted by molar-refractivity contribution is 6.48. The number of hydrogen-bond acceptors (Lipinski definition) is 6. The van der Waals surface area contributed by atoms with Crippen molar-refractivity contribution in [3.05, 3.63) is 77.9 Å². The minimum Gasteiger partial charge on any atom is -0.404 e. The maximum atomic E-state index is 14.2. The number of benzene rings is 2. The number of ether oxygens (including phenoxy) is 1. The number of carbonyl (C=O) groups excluding carboxylic acids is 3. The third-order valence-corrected chi connectivity index (χ3v) is 11.3. The molecule has 10 heteroatoms. The van der Waals surface area contributed by atoms with E-state index in [0.29, 0.717) is 18.3 Å². The Hall–Kier alpha value is -3.47. The second kappa shape index (κ2) is 13.8. The largest absolute Gasteiger partial charge is 0.481 e. The normalized spacial score (nSPS) is 28.8. The average Bonchev–Trinajstić information content (AvgIpc) is 3.60. The molecule has 5 aliphatic rings. The van der Waals surface area contributed by atoms with Crippen molar-refractivity contribution >= 4 is 31.0 Å². The molecule has 0 aromatic heterocycles. The molecule has 7 rings (SSSR count). The molecule has 5 fully saturated rings. The van der Waals surface area contributed by atoms with Crippen LogP contribution in [0.5, 0.6) is 0 Å². The van der Waals surface area contributed by atoms with Crippen molar-refractivity contribution in [3.8, 4) is 0 Å². The quantitative estimate of drug-likeness (QED) is 0.293. The first-order valence-corrected chi connectivity index (χ1v) is 17.6. The fraction of sp³-hybridized carbons (Fsp3) is 0.553. The molecule has 2 saturated heterocycles. The van der Waals surface area contributed by atoms with Crippen molar-refractivity contribution in [2.75, 3.05) is 13.1 Å². The molecular weight excluding hydrogens is 605 g/mol. The van der Waals surface area contributed by atoms with Crippen LogP contribution in [0, 0.1) is 23.2 Å². The van der Waals surface area contributed by atoms with Gasteiger partial charge in [-0.25, -0.2) is 9.69 Å². The lowest BCUT2D eigenvalue weighted by molar-refractivity contribution is -0.199. The summed E-state index contributed by atoms with van der Waals surface area (Å²) in [5.41, 5.74) is 1.71. The Morgan fingerprint density at radius 2 is 1.75 bits per heavy atom. The van der Waals surface area contributed by atoms with Crippen LogP contribution in [0.15, 0.2) is 66.7 Å². The van der Waals surface area contributed by atoms with E-state index in [-0.39, 0.29) is 37.1 Å². The summed E-state index contributed by atoms with van der Waals surface area (Å²) in [4.78, 5) is 45.0. The van der Waals surface area contributed by atoms with Gasteiger partial charge in [-0.05, 0) is 60.5 Å². The highest BCUT2D eigenvalue weighted by Crippen LogP contribution is 2.65. The number of amides is 4. The second-order valence-corrected chi connectivity index (χ2v) is 15.0. The Bertz CT molecular complexity index is 1500. The number of imide groups is 1. The molecule has 0 radical (unpaired) electrons. The van der Waals surface area contributed by atoms with Crippen LogP contribution in [0.4, 0.5) is 4.79 Å². The smallest absolute Gasteiger partial charge is 0.404 e. The average molecular weight is 656 g/mol. The number of rotatable bonds is 12. The standard InChI is InChI=1S/C38H50BN3O6/c1-7-32(39-47-31-22-28-21-30(37(28,4)5)38(31,6)48-39)40-34(43)29-23-41(20-14-19-26-15-10-8-11-16-26)36(45)42(29)35(44)33(25(2)3)46-24-27-17-12-9-13-18-27/h8-19,25,28-33H,7,20-24H2,1-6H3,(H,40,43)/b19-14+/t28?,29-,30?,31+,32-,33-,38-/m0/s1. The van der Waals surface area contributed by atoms with Gasteiger partial charge in [0.05, 0.1) is 30.8 Å². The number of nitrogens with one attached hydrogen (secondary N) is 1. The van der Waals surface area contributed by atoms with E-state index in [0.717, 1.165) is 28.9 Å². The zero-order chi connectivity index (χ0) is 34.2. The number of hydrogen-bond donors (Lipinski definition) is 1. The van der Waals surface area contributed by atoms with Crippen molar-refractivity contribution in [2.24, 2.45) is 23.2 Å². The number of nitrogens with zero attached hydrogens (tertiary/aromatic N) is 2. The summed E-state index contributed by atoms with van der Waals surface area (Å²) in [7, 11) is -0.604. The van der Waals surface area contributed by atoms with Crippen LogP contribution in [-0.2, 0) is 30.2 Å². The maximum Gasteiger partial charge on any atom is 0.481 e. The molecule has 9 nitrogen and oxygen atoms in total. The summed E-state index contributed by atoms with van der Waals surface area (Å²) >= 11 is 0. The van der Waals surface area contributed by atoms with Crippen molar-refractivity contribution in [1.82, 2.24) is 15.1 Å². The Kier molecular flexibility index (Phi) is 9.89. The molecular formula is C38H50BN3O6. The van der Waals surface area contributed by atoms with Gasteiger partial charge in [-0.2, -0.15) is 0 Å². The zero-order valence-corrected chi connectivity index (χ0v) is 29.1. The van der Waals surface area contributed by atoms with Gasteiger partial charge in [0.25, 0.3) is 5.91 Å². The van der Waals surface area contributed by atoms with Gasteiger partial charge in [0.2, 0.25) is 5.91 Å². The summed E-state index contributed by atoms with van der Waals surface area (Å²) in [5, 5.41) is 3.14. The molecule has 2 bridgehead atoms. The monoisotopic (exact) mass is 655 g/mol. The third kappa shape index (κ3) is 6.47. The van der Waals surface area contributed by atoms with E-state index in [1.165, 1.54) is 0 Å². The molecule has 3 saturated carbocycles. The van der Waals surface area contributed by atoms with Gasteiger partial charge >= 0.3 is 13.1 Å². The van der Waals surface area contributed by atoms with Crippen LogP contribution in [0.2, 0.25) is 0 Å². The Morgan fingerprint density at radius 3 is 2.40 bits per heavy atom. The molecule has 48 heavy (non-hydrogen) atoms. The Balaban J connectivity index is 1.20. The first-order chi connectivity index (χ1) is 22.9. The Labute approximate surface area is 285 Å². The molecule has 2 aliphatic heterocycles. The van der Waals surface area contributed by atoms with E-state index in [4.69, 9.17) is 14.0 Å². The summed E-state index contributed by atoms with van der Waals surface area (Å²) in [6.07, 6.45) is 5.54. The van der Waals surface area contributed by atoms with Crippen LogP contribution in [0.1, 0.15) is 71.9 Å². The molecule has 7 atom stereocenters. The van der Waals surface area contributed by atoms with Crippen LogP contribution in [0.3, 0.4) is 0 Å². The molecule has 2 unspecified atom stereocenters. The minimum atomic E-state index is -1.03. The highest BCUT2D eigenvalue weighted by Gasteiger charge is 2.68. The minimum absolute atomic E-state index is 0.0168. The van der Waals surface area contributed by atoms with E-state index < -0.39 is 48.7 Å². The summed E-state index contributed by atoms with van der Waals surface area (Å²) in [6.45, 7) is 13.1. The lowest BCUT2D eigenvalue weighted by atomic mass is 9.43. The fourth-order valence-electron chi connectivity index (χ4n) is 8.29. The SMILES string of the molecule is CC[C@H](NC(=O)[C@@H]1CN(C/C=C/c2ccccc2)C(=O)N1C(=O)[C@@H](OCc1ccccc1)C(C)C)B1O[C@@H]2CC3CC(C3(C)C)[C@]2(C)O1. The van der Waals surface area contributed by atoms with Crippen molar-refractivity contribution in [3.63, 3.8) is 0 Å². The van der Waals surface area contributed by atoms with E-state index >= 15 is 0 Å². The molecule has 2 aromatic rings. The topological polar surface area (TPSA) is 97.4 Å². The number of urea groups is 1. The van der Waals surface area contributed by atoms with Crippen molar-refractivity contribution < 1.29 is 28.4 Å². The molecule has 4 amide bonds. The lowest BCUT2D eigenvalue weighted by Gasteiger charge is -2.64. The van der Waals surface area contributed by atoms with Gasteiger partial charge < -0.3 is 24.3 Å². The molecule has 3 aliphatic carbocycles. The molecule has 2 aromatic carbocycles. The van der Waals surface area contributed by atoms with Crippen molar-refractivity contribution in [1.29, 1.82) is 0 Å². The van der Waals surface area contributed by atoms with Crippen LogP contribution in [-0.4, -0.2) is 77.6 Å².